The molecule has 2 heteroatoms. The van der Waals surface area contributed by atoms with E-state index < -0.39 is 0 Å². The van der Waals surface area contributed by atoms with Crippen LogP contribution in [0.2, 0.25) is 0 Å². The van der Waals surface area contributed by atoms with Gasteiger partial charge in [0, 0.05) is 0 Å². The van der Waals surface area contributed by atoms with Crippen molar-refractivity contribution in [3.63, 3.8) is 0 Å². The number of hydrogen-bond acceptors (Lipinski definition) is 2. The summed E-state index contributed by atoms with van der Waals surface area (Å²) in [6.07, 6.45) is 3.88. The lowest BCUT2D eigenvalue weighted by molar-refractivity contribution is 0.498. The van der Waals surface area contributed by atoms with Gasteiger partial charge in [0.05, 0.1) is 0 Å². The topological polar surface area (TPSA) is 38.0 Å². The Hall–Kier alpha value is -0.0800. The van der Waals surface area contributed by atoms with Gasteiger partial charge in [-0.15, -0.1) is 0 Å². The Morgan fingerprint density at radius 3 is 2.64 bits per heavy atom. The molecule has 1 unspecified atom stereocenters. The summed E-state index contributed by atoms with van der Waals surface area (Å²) < 4.78 is 0. The molecule has 0 aliphatic carbocycles. The fourth-order valence-electron chi connectivity index (χ4n) is 1.04. The minimum atomic E-state index is 0.705. The van der Waals surface area contributed by atoms with Gasteiger partial charge >= 0.3 is 0 Å². The van der Waals surface area contributed by atoms with E-state index in [0.29, 0.717) is 5.92 Å². The van der Waals surface area contributed by atoms with Crippen LogP contribution in [0.1, 0.15) is 33.1 Å². The highest BCUT2D eigenvalue weighted by molar-refractivity contribution is 4.54. The number of hydrogen-bond donors (Lipinski definition) is 2. The molecule has 0 bridgehead atoms. The molecule has 0 heterocycles. The maximum absolute atomic E-state index is 5.50. The summed E-state index contributed by atoms with van der Waals surface area (Å²) in [5.74, 6) is 0.705. The Balaban J connectivity index is 2.89. The molecule has 3 N–H and O–H groups in total. The van der Waals surface area contributed by atoms with Crippen LogP contribution in [0.4, 0.5) is 0 Å². The largest absolute Gasteiger partial charge is 0.330 e. The van der Waals surface area contributed by atoms with Crippen molar-refractivity contribution in [2.24, 2.45) is 11.7 Å². The van der Waals surface area contributed by atoms with Crippen molar-refractivity contribution < 1.29 is 0 Å². The molecule has 11 heavy (non-hydrogen) atoms. The van der Waals surface area contributed by atoms with E-state index in [9.17, 15) is 0 Å². The van der Waals surface area contributed by atoms with E-state index in [-0.39, 0.29) is 0 Å². The first-order valence-electron chi connectivity index (χ1n) is 4.72. The van der Waals surface area contributed by atoms with Gasteiger partial charge < -0.3 is 11.1 Å². The van der Waals surface area contributed by atoms with Crippen LogP contribution >= 0.6 is 0 Å². The predicted octanol–water partition coefficient (Wildman–Crippen LogP) is 1.36. The van der Waals surface area contributed by atoms with Crippen LogP contribution in [0, 0.1) is 5.92 Å². The van der Waals surface area contributed by atoms with Crippen molar-refractivity contribution in [1.82, 2.24) is 5.32 Å². The molecule has 0 saturated heterocycles. The molecule has 0 aromatic heterocycles. The lowest BCUT2D eigenvalue weighted by Gasteiger charge is -2.07. The molecule has 0 amide bonds. The van der Waals surface area contributed by atoms with Crippen molar-refractivity contribution >= 4 is 0 Å². The van der Waals surface area contributed by atoms with Crippen molar-refractivity contribution in [1.29, 1.82) is 0 Å². The number of nitrogens with one attached hydrogen (secondary N) is 1. The molecular weight excluding hydrogens is 136 g/mol. The maximum Gasteiger partial charge on any atom is -0.00490 e. The van der Waals surface area contributed by atoms with Crippen LogP contribution < -0.4 is 11.1 Å². The van der Waals surface area contributed by atoms with Crippen molar-refractivity contribution in [3.05, 3.63) is 0 Å². The third-order valence-corrected chi connectivity index (χ3v) is 1.95. The van der Waals surface area contributed by atoms with Gasteiger partial charge in [0.1, 0.15) is 0 Å². The number of unbranched alkanes of at least 4 members (excludes halogenated alkanes) is 1. The van der Waals surface area contributed by atoms with E-state index in [4.69, 9.17) is 5.73 Å². The first kappa shape index (κ1) is 10.9. The molecule has 0 radical (unpaired) electrons. The summed E-state index contributed by atoms with van der Waals surface area (Å²) in [4.78, 5) is 0. The third-order valence-electron chi connectivity index (χ3n) is 1.95. The van der Waals surface area contributed by atoms with Crippen LogP contribution in [0.25, 0.3) is 0 Å². The Labute approximate surface area is 70.5 Å². The van der Waals surface area contributed by atoms with Gasteiger partial charge in [-0.25, -0.2) is 0 Å². The van der Waals surface area contributed by atoms with E-state index in [2.05, 4.69) is 19.2 Å². The minimum Gasteiger partial charge on any atom is -0.330 e. The van der Waals surface area contributed by atoms with Crippen molar-refractivity contribution in [2.45, 2.75) is 33.1 Å². The zero-order valence-electron chi connectivity index (χ0n) is 7.90. The molecule has 1 atom stereocenters. The fourth-order valence-corrected chi connectivity index (χ4v) is 1.04. The van der Waals surface area contributed by atoms with Crippen LogP contribution in [-0.4, -0.2) is 19.6 Å². The van der Waals surface area contributed by atoms with Gasteiger partial charge in [0.15, 0.2) is 0 Å². The second-order valence-electron chi connectivity index (χ2n) is 3.19. The zero-order chi connectivity index (χ0) is 8.53. The highest BCUT2D eigenvalue weighted by Gasteiger charge is 1.97. The van der Waals surface area contributed by atoms with E-state index in [1.54, 1.807) is 0 Å². The molecule has 0 aliphatic heterocycles. The Bertz CT molecular complexity index is 74.0. The van der Waals surface area contributed by atoms with Crippen LogP contribution in [0.5, 0.6) is 0 Å². The predicted molar refractivity (Wildman–Crippen MR) is 50.6 cm³/mol. The van der Waals surface area contributed by atoms with E-state index in [0.717, 1.165) is 19.6 Å². The Morgan fingerprint density at radius 2 is 2.09 bits per heavy atom. The molecule has 0 aliphatic rings. The summed E-state index contributed by atoms with van der Waals surface area (Å²) >= 11 is 0. The molecular formula is C9H22N2. The van der Waals surface area contributed by atoms with Gasteiger partial charge in [-0.3, -0.25) is 0 Å². The third kappa shape index (κ3) is 7.82. The van der Waals surface area contributed by atoms with Crippen LogP contribution in [0.15, 0.2) is 0 Å². The summed E-state index contributed by atoms with van der Waals surface area (Å²) in [5, 5.41) is 3.31. The van der Waals surface area contributed by atoms with Gasteiger partial charge in [0.25, 0.3) is 0 Å². The molecule has 0 spiro atoms. The maximum atomic E-state index is 5.50. The summed E-state index contributed by atoms with van der Waals surface area (Å²) in [5.41, 5.74) is 5.50. The number of rotatable bonds is 7. The minimum absolute atomic E-state index is 0.705. The van der Waals surface area contributed by atoms with Crippen LogP contribution in [-0.2, 0) is 0 Å². The molecule has 2 nitrogen and oxygen atoms in total. The first-order chi connectivity index (χ1) is 5.31. The molecule has 0 rings (SSSR count). The standard InChI is InChI=1S/C9H22N2/c1-3-11-7-5-4-6-9(2)8-10/h9,11H,3-8,10H2,1-2H3. The lowest BCUT2D eigenvalue weighted by atomic mass is 10.0. The quantitative estimate of drug-likeness (QED) is 0.549. The highest BCUT2D eigenvalue weighted by atomic mass is 14.8. The molecule has 0 aromatic rings. The van der Waals surface area contributed by atoms with E-state index in [1.165, 1.54) is 19.3 Å². The second-order valence-corrected chi connectivity index (χ2v) is 3.19. The van der Waals surface area contributed by atoms with Crippen LogP contribution in [0.3, 0.4) is 0 Å². The molecule has 68 valence electrons. The highest BCUT2D eigenvalue weighted by Crippen LogP contribution is 2.04. The smallest absolute Gasteiger partial charge is 0.00490 e. The first-order valence-corrected chi connectivity index (χ1v) is 4.72. The van der Waals surface area contributed by atoms with E-state index >= 15 is 0 Å². The second kappa shape index (κ2) is 8.02. The Kier molecular flexibility index (Phi) is 7.96. The summed E-state index contributed by atoms with van der Waals surface area (Å²) in [6.45, 7) is 7.44. The summed E-state index contributed by atoms with van der Waals surface area (Å²) in [6, 6.07) is 0. The SMILES string of the molecule is CCNCCCCC(C)CN. The van der Waals surface area contributed by atoms with E-state index in [1.807, 2.05) is 0 Å². The van der Waals surface area contributed by atoms with Gasteiger partial charge in [-0.2, -0.15) is 0 Å². The molecule has 0 fully saturated rings. The van der Waals surface area contributed by atoms with Crippen molar-refractivity contribution in [2.75, 3.05) is 19.6 Å². The fraction of sp³-hybridized carbons (Fsp3) is 1.00. The normalized spacial score (nSPS) is 13.4. The Morgan fingerprint density at radius 1 is 1.36 bits per heavy atom. The molecule has 0 aromatic carbocycles. The lowest BCUT2D eigenvalue weighted by Crippen LogP contribution is -2.15. The van der Waals surface area contributed by atoms with Crippen molar-refractivity contribution in [3.8, 4) is 0 Å². The van der Waals surface area contributed by atoms with Gasteiger partial charge in [-0.05, 0) is 38.4 Å². The summed E-state index contributed by atoms with van der Waals surface area (Å²) in [7, 11) is 0. The monoisotopic (exact) mass is 158 g/mol. The molecule has 0 saturated carbocycles. The average molecular weight is 158 g/mol. The van der Waals surface area contributed by atoms with Gasteiger partial charge in [-0.1, -0.05) is 20.3 Å². The zero-order valence-corrected chi connectivity index (χ0v) is 7.90. The van der Waals surface area contributed by atoms with Gasteiger partial charge in [0.2, 0.25) is 0 Å². The average Bonchev–Trinajstić information content (AvgIpc) is 2.04. The number of nitrogens with two attached hydrogens (primary N) is 1.